The Kier molecular flexibility index (Phi) is 4.59. The van der Waals surface area contributed by atoms with Crippen LogP contribution in [0, 0.1) is 0 Å². The fourth-order valence-electron chi connectivity index (χ4n) is 1.98. The van der Waals surface area contributed by atoms with Crippen molar-refractivity contribution in [3.05, 3.63) is 30.6 Å². The number of rotatable bonds is 6. The number of fused-ring (bicyclic) bond motifs is 1. The maximum Gasteiger partial charge on any atom is 0.142 e. The van der Waals surface area contributed by atoms with Gasteiger partial charge in [-0.3, -0.25) is 4.98 Å². The van der Waals surface area contributed by atoms with Crippen LogP contribution in [-0.4, -0.2) is 31.2 Å². The van der Waals surface area contributed by atoms with E-state index in [4.69, 9.17) is 9.84 Å². The predicted molar refractivity (Wildman–Crippen MR) is 76.4 cm³/mol. The maximum atomic E-state index is 8.68. The summed E-state index contributed by atoms with van der Waals surface area (Å²) in [6, 6.07) is 6.11. The van der Waals surface area contributed by atoms with Crippen molar-refractivity contribution in [1.82, 2.24) is 4.98 Å². The maximum absolute atomic E-state index is 8.68. The largest absolute Gasteiger partial charge is 0.494 e. The lowest BCUT2D eigenvalue weighted by molar-refractivity contribution is 0.266. The zero-order valence-corrected chi connectivity index (χ0v) is 10.7. The number of hydrogen-bond acceptors (Lipinski definition) is 3. The third-order valence-corrected chi connectivity index (χ3v) is 3.00. The highest BCUT2D eigenvalue weighted by Crippen LogP contribution is 2.18. The molecule has 1 aromatic carbocycles. The Morgan fingerprint density at radius 1 is 1.17 bits per heavy atom. The number of aliphatic hydroxyl groups is 1. The Morgan fingerprint density at radius 3 is 2.89 bits per heavy atom. The molecule has 0 fully saturated rings. The van der Waals surface area contributed by atoms with Crippen molar-refractivity contribution in [2.75, 3.05) is 13.2 Å². The highest BCUT2D eigenvalue weighted by atomic mass is 16.5. The average molecular weight is 243 g/mol. The molecule has 18 heavy (non-hydrogen) atoms. The van der Waals surface area contributed by atoms with Crippen molar-refractivity contribution in [2.45, 2.75) is 19.3 Å². The Morgan fingerprint density at radius 2 is 2.06 bits per heavy atom. The van der Waals surface area contributed by atoms with Gasteiger partial charge in [-0.15, -0.1) is 0 Å². The summed E-state index contributed by atoms with van der Waals surface area (Å²) in [5, 5.41) is 11.0. The number of pyridine rings is 1. The van der Waals surface area contributed by atoms with Crippen LogP contribution >= 0.6 is 0 Å². The van der Waals surface area contributed by atoms with Crippen molar-refractivity contribution in [3.63, 3.8) is 0 Å². The minimum Gasteiger partial charge on any atom is -0.494 e. The first-order chi connectivity index (χ1) is 8.81. The summed E-state index contributed by atoms with van der Waals surface area (Å²) in [5.41, 5.74) is 1.18. The molecule has 1 N–H and O–H groups in total. The van der Waals surface area contributed by atoms with Gasteiger partial charge < -0.3 is 9.84 Å². The van der Waals surface area contributed by atoms with E-state index in [1.807, 2.05) is 24.5 Å². The van der Waals surface area contributed by atoms with Crippen LogP contribution in [0.25, 0.3) is 10.8 Å². The van der Waals surface area contributed by atoms with Gasteiger partial charge in [0.1, 0.15) is 13.6 Å². The average Bonchev–Trinajstić information content (AvgIpc) is 2.39. The monoisotopic (exact) mass is 243 g/mol. The van der Waals surface area contributed by atoms with E-state index in [-0.39, 0.29) is 6.61 Å². The highest BCUT2D eigenvalue weighted by molar-refractivity contribution is 6.38. The van der Waals surface area contributed by atoms with Gasteiger partial charge in [-0.1, -0.05) is 11.5 Å². The lowest BCUT2D eigenvalue weighted by Gasteiger charge is -2.08. The third-order valence-electron chi connectivity index (χ3n) is 3.00. The van der Waals surface area contributed by atoms with Crippen molar-refractivity contribution in [3.8, 4) is 5.75 Å². The second kappa shape index (κ2) is 6.40. The van der Waals surface area contributed by atoms with Gasteiger partial charge in [0.15, 0.2) is 0 Å². The van der Waals surface area contributed by atoms with E-state index in [1.165, 1.54) is 10.8 Å². The van der Waals surface area contributed by atoms with Gasteiger partial charge in [0, 0.05) is 24.4 Å². The molecule has 0 saturated carbocycles. The number of hydrogen-bond donors (Lipinski definition) is 1. The molecule has 2 rings (SSSR count). The quantitative estimate of drug-likeness (QED) is 0.608. The predicted octanol–water partition coefficient (Wildman–Crippen LogP) is 1.03. The van der Waals surface area contributed by atoms with Gasteiger partial charge >= 0.3 is 0 Å². The van der Waals surface area contributed by atoms with Crippen LogP contribution in [0.3, 0.4) is 0 Å². The van der Waals surface area contributed by atoms with Gasteiger partial charge in [-0.25, -0.2) is 0 Å². The SMILES string of the molecule is Bc1cncc2cc(OCCCCCO)ccc12. The standard InChI is InChI=1S/C14H18BNO2/c15-14-10-16-9-11-8-12(4-5-13(11)14)18-7-3-1-2-6-17/h4-5,8-10,17H,1-3,6-7,15H2. The number of benzene rings is 1. The third kappa shape index (κ3) is 3.23. The van der Waals surface area contributed by atoms with Crippen LogP contribution < -0.4 is 10.2 Å². The molecule has 2 aromatic rings. The van der Waals surface area contributed by atoms with E-state index in [0.29, 0.717) is 6.61 Å². The molecule has 0 aliphatic carbocycles. The molecule has 0 amide bonds. The summed E-state index contributed by atoms with van der Waals surface area (Å²) in [7, 11) is 2.06. The van der Waals surface area contributed by atoms with Crippen LogP contribution in [0.1, 0.15) is 19.3 Å². The zero-order valence-electron chi connectivity index (χ0n) is 10.7. The first-order valence-electron chi connectivity index (χ1n) is 6.39. The summed E-state index contributed by atoms with van der Waals surface area (Å²) in [4.78, 5) is 4.19. The minimum absolute atomic E-state index is 0.265. The Labute approximate surface area is 108 Å². The molecular weight excluding hydrogens is 225 g/mol. The minimum atomic E-state index is 0.265. The summed E-state index contributed by atoms with van der Waals surface area (Å²) < 4.78 is 5.69. The van der Waals surface area contributed by atoms with E-state index in [1.54, 1.807) is 0 Å². The summed E-state index contributed by atoms with van der Waals surface area (Å²) >= 11 is 0. The molecule has 0 bridgehead atoms. The normalized spacial score (nSPS) is 10.7. The second-order valence-corrected chi connectivity index (χ2v) is 4.47. The second-order valence-electron chi connectivity index (χ2n) is 4.47. The number of aromatic nitrogens is 1. The zero-order chi connectivity index (χ0) is 12.8. The summed E-state index contributed by atoms with van der Waals surface area (Å²) in [6.45, 7) is 0.964. The number of ether oxygens (including phenoxy) is 1. The van der Waals surface area contributed by atoms with E-state index >= 15 is 0 Å². The van der Waals surface area contributed by atoms with Crippen molar-refractivity contribution >= 4 is 24.1 Å². The van der Waals surface area contributed by atoms with Crippen LogP contribution in [0.4, 0.5) is 0 Å². The molecule has 0 aliphatic rings. The van der Waals surface area contributed by atoms with E-state index in [2.05, 4.69) is 18.9 Å². The lowest BCUT2D eigenvalue weighted by atomic mass is 9.93. The molecule has 0 unspecified atom stereocenters. The topological polar surface area (TPSA) is 42.4 Å². The number of unbranched alkanes of at least 4 members (excludes halogenated alkanes) is 2. The highest BCUT2D eigenvalue weighted by Gasteiger charge is 2.00. The van der Waals surface area contributed by atoms with Gasteiger partial charge in [-0.2, -0.15) is 0 Å². The summed E-state index contributed by atoms with van der Waals surface area (Å²) in [6.07, 6.45) is 6.57. The first-order valence-corrected chi connectivity index (χ1v) is 6.39. The molecule has 1 aromatic heterocycles. The molecule has 0 radical (unpaired) electrons. The van der Waals surface area contributed by atoms with Crippen LogP contribution in [-0.2, 0) is 0 Å². The van der Waals surface area contributed by atoms with Gasteiger partial charge in [0.2, 0.25) is 0 Å². The van der Waals surface area contributed by atoms with Gasteiger partial charge in [0.05, 0.1) is 6.61 Å². The van der Waals surface area contributed by atoms with Gasteiger partial charge in [-0.05, 0) is 36.8 Å². The molecule has 1 heterocycles. The Hall–Kier alpha value is -1.55. The van der Waals surface area contributed by atoms with Gasteiger partial charge in [0.25, 0.3) is 0 Å². The van der Waals surface area contributed by atoms with E-state index in [9.17, 15) is 0 Å². The van der Waals surface area contributed by atoms with Crippen molar-refractivity contribution < 1.29 is 9.84 Å². The molecular formula is C14H18BNO2. The molecule has 3 nitrogen and oxygen atoms in total. The molecule has 0 aliphatic heterocycles. The van der Waals surface area contributed by atoms with Crippen molar-refractivity contribution in [1.29, 1.82) is 0 Å². The van der Waals surface area contributed by atoms with Crippen LogP contribution in [0.5, 0.6) is 5.75 Å². The lowest BCUT2D eigenvalue weighted by Crippen LogP contribution is -2.04. The molecule has 0 saturated heterocycles. The Bertz CT molecular complexity index is 516. The fraction of sp³-hybridized carbons (Fsp3) is 0.357. The Balaban J connectivity index is 1.98. The van der Waals surface area contributed by atoms with Crippen LogP contribution in [0.15, 0.2) is 30.6 Å². The molecule has 0 atom stereocenters. The molecule has 94 valence electrons. The molecule has 0 spiro atoms. The first kappa shape index (κ1) is 12.9. The van der Waals surface area contributed by atoms with E-state index < -0.39 is 0 Å². The number of aliphatic hydroxyl groups excluding tert-OH is 1. The fourth-order valence-corrected chi connectivity index (χ4v) is 1.98. The summed E-state index contributed by atoms with van der Waals surface area (Å²) in [5.74, 6) is 0.888. The van der Waals surface area contributed by atoms with E-state index in [0.717, 1.165) is 30.4 Å². The van der Waals surface area contributed by atoms with Crippen molar-refractivity contribution in [2.24, 2.45) is 0 Å². The number of nitrogens with zero attached hydrogens (tertiary/aromatic N) is 1. The van der Waals surface area contributed by atoms with Crippen LogP contribution in [0.2, 0.25) is 0 Å². The smallest absolute Gasteiger partial charge is 0.142 e. The molecule has 4 heteroatoms.